The van der Waals surface area contributed by atoms with Crippen LogP contribution >= 0.6 is 0 Å². The Morgan fingerprint density at radius 2 is 2.06 bits per heavy atom. The van der Waals surface area contributed by atoms with E-state index in [-0.39, 0.29) is 12.3 Å². The maximum Gasteiger partial charge on any atom is 0.326 e. The van der Waals surface area contributed by atoms with Gasteiger partial charge in [-0.1, -0.05) is 6.92 Å². The van der Waals surface area contributed by atoms with Crippen LogP contribution in [0, 0.1) is 5.92 Å². The van der Waals surface area contributed by atoms with Crippen LogP contribution in [0.5, 0.6) is 0 Å². The van der Waals surface area contributed by atoms with Gasteiger partial charge in [0, 0.05) is 13.7 Å². The Morgan fingerprint density at radius 1 is 1.44 bits per heavy atom. The molecule has 1 fully saturated rings. The number of aliphatic carboxylic acids is 1. The van der Waals surface area contributed by atoms with Crippen LogP contribution in [0.15, 0.2) is 0 Å². The molecule has 5 heteroatoms. The van der Waals surface area contributed by atoms with E-state index in [0.717, 1.165) is 6.42 Å². The molecule has 2 atom stereocenters. The van der Waals surface area contributed by atoms with Crippen molar-refractivity contribution in [3.05, 3.63) is 0 Å². The zero-order valence-corrected chi connectivity index (χ0v) is 11.6. The average molecular weight is 257 g/mol. The van der Waals surface area contributed by atoms with Gasteiger partial charge in [-0.25, -0.2) is 4.79 Å². The number of piperidine rings is 1. The predicted molar refractivity (Wildman–Crippen MR) is 67.2 cm³/mol. The molecule has 1 amide bonds. The smallest absolute Gasteiger partial charge is 0.326 e. The van der Waals surface area contributed by atoms with Gasteiger partial charge in [-0.15, -0.1) is 0 Å². The molecule has 0 saturated carbocycles. The fraction of sp³-hybridized carbons (Fsp3) is 0.846. The van der Waals surface area contributed by atoms with Crippen molar-refractivity contribution < 1.29 is 19.4 Å². The molecule has 0 aliphatic carbocycles. The summed E-state index contributed by atoms with van der Waals surface area (Å²) in [6.07, 6.45) is 1.61. The molecule has 0 radical (unpaired) electrons. The van der Waals surface area contributed by atoms with Crippen molar-refractivity contribution in [1.82, 2.24) is 4.90 Å². The molecule has 5 nitrogen and oxygen atoms in total. The highest BCUT2D eigenvalue weighted by atomic mass is 16.5. The lowest BCUT2D eigenvalue weighted by Gasteiger charge is -2.37. The van der Waals surface area contributed by atoms with E-state index in [9.17, 15) is 14.7 Å². The Balaban J connectivity index is 2.73. The Hall–Kier alpha value is -1.10. The number of carbonyl (C=O) groups excluding carboxylic acids is 1. The van der Waals surface area contributed by atoms with Crippen LogP contribution in [0.4, 0.5) is 0 Å². The van der Waals surface area contributed by atoms with Crippen LogP contribution in [-0.2, 0) is 14.3 Å². The number of hydrogen-bond acceptors (Lipinski definition) is 3. The second-order valence-electron chi connectivity index (χ2n) is 5.71. The minimum Gasteiger partial charge on any atom is -0.480 e. The van der Waals surface area contributed by atoms with E-state index in [4.69, 9.17) is 4.74 Å². The highest BCUT2D eigenvalue weighted by Gasteiger charge is 2.36. The summed E-state index contributed by atoms with van der Waals surface area (Å²) in [6, 6.07) is -0.686. The zero-order valence-electron chi connectivity index (χ0n) is 11.6. The van der Waals surface area contributed by atoms with Gasteiger partial charge in [-0.3, -0.25) is 4.79 Å². The maximum atomic E-state index is 12.2. The minimum absolute atomic E-state index is 0.138. The van der Waals surface area contributed by atoms with Gasteiger partial charge >= 0.3 is 5.97 Å². The largest absolute Gasteiger partial charge is 0.480 e. The Kier molecular flexibility index (Phi) is 4.73. The standard InChI is InChI=1S/C13H23NO4/c1-9-5-6-14(10(7-9)12(16)17)11(15)8-13(2,3)18-4/h9-10H,5-8H2,1-4H3,(H,16,17). The van der Waals surface area contributed by atoms with Crippen molar-refractivity contribution in [2.75, 3.05) is 13.7 Å². The third-order valence-electron chi connectivity index (χ3n) is 3.60. The number of nitrogens with zero attached hydrogens (tertiary/aromatic N) is 1. The Bertz CT molecular complexity index is 327. The van der Waals surface area contributed by atoms with Crippen LogP contribution in [-0.4, -0.2) is 47.2 Å². The first-order valence-corrected chi connectivity index (χ1v) is 6.34. The molecule has 0 aromatic heterocycles. The van der Waals surface area contributed by atoms with Crippen LogP contribution in [0.2, 0.25) is 0 Å². The fourth-order valence-electron chi connectivity index (χ4n) is 2.21. The molecular formula is C13H23NO4. The molecule has 1 heterocycles. The number of methoxy groups -OCH3 is 1. The molecule has 0 bridgehead atoms. The third kappa shape index (κ3) is 3.70. The quantitative estimate of drug-likeness (QED) is 0.829. The van der Waals surface area contributed by atoms with Gasteiger partial charge < -0.3 is 14.7 Å². The molecule has 1 aliphatic heterocycles. The van der Waals surface area contributed by atoms with E-state index >= 15 is 0 Å². The summed E-state index contributed by atoms with van der Waals surface area (Å²) in [5.41, 5.74) is -0.552. The predicted octanol–water partition coefficient (Wildman–Crippen LogP) is 1.51. The van der Waals surface area contributed by atoms with Crippen molar-refractivity contribution in [1.29, 1.82) is 0 Å². The third-order valence-corrected chi connectivity index (χ3v) is 3.60. The number of carboxylic acids is 1. The van der Waals surface area contributed by atoms with E-state index in [1.807, 2.05) is 20.8 Å². The first kappa shape index (κ1) is 15.0. The van der Waals surface area contributed by atoms with Crippen LogP contribution in [0.25, 0.3) is 0 Å². The highest BCUT2D eigenvalue weighted by Crippen LogP contribution is 2.25. The van der Waals surface area contributed by atoms with Crippen molar-refractivity contribution in [2.24, 2.45) is 5.92 Å². The van der Waals surface area contributed by atoms with E-state index < -0.39 is 17.6 Å². The minimum atomic E-state index is -0.912. The van der Waals surface area contributed by atoms with Crippen LogP contribution < -0.4 is 0 Å². The topological polar surface area (TPSA) is 66.8 Å². The number of hydrogen-bond donors (Lipinski definition) is 1. The molecular weight excluding hydrogens is 234 g/mol. The summed E-state index contributed by atoms with van der Waals surface area (Å²) in [7, 11) is 1.56. The first-order chi connectivity index (χ1) is 8.26. The fourth-order valence-corrected chi connectivity index (χ4v) is 2.21. The molecule has 1 N–H and O–H groups in total. The number of amides is 1. The van der Waals surface area contributed by atoms with Crippen LogP contribution in [0.1, 0.15) is 40.0 Å². The normalized spacial score (nSPS) is 25.0. The van der Waals surface area contributed by atoms with Gasteiger partial charge in [0.25, 0.3) is 0 Å². The van der Waals surface area contributed by atoms with E-state index in [0.29, 0.717) is 18.9 Å². The second kappa shape index (κ2) is 5.69. The number of carboxylic acid groups (broad SMARTS) is 1. The number of likely N-dealkylation sites (tertiary alicyclic amines) is 1. The summed E-state index contributed by atoms with van der Waals surface area (Å²) in [4.78, 5) is 24.9. The molecule has 0 spiro atoms. The molecule has 1 aliphatic rings. The Morgan fingerprint density at radius 3 is 2.56 bits per heavy atom. The van der Waals surface area contributed by atoms with Gasteiger partial charge in [0.15, 0.2) is 0 Å². The van der Waals surface area contributed by atoms with Crippen molar-refractivity contribution >= 4 is 11.9 Å². The average Bonchev–Trinajstić information content (AvgIpc) is 2.28. The zero-order chi connectivity index (χ0) is 13.9. The molecule has 1 saturated heterocycles. The summed E-state index contributed by atoms with van der Waals surface area (Å²) in [5, 5.41) is 9.21. The van der Waals surface area contributed by atoms with Gasteiger partial charge in [-0.05, 0) is 32.6 Å². The lowest BCUT2D eigenvalue weighted by Crippen LogP contribution is -2.51. The Labute approximate surface area is 108 Å². The summed E-state index contributed by atoms with van der Waals surface area (Å²) < 4.78 is 5.22. The first-order valence-electron chi connectivity index (χ1n) is 6.34. The van der Waals surface area contributed by atoms with Gasteiger partial charge in [0.1, 0.15) is 6.04 Å². The lowest BCUT2D eigenvalue weighted by molar-refractivity contribution is -0.155. The SMILES string of the molecule is COC(C)(C)CC(=O)N1CCC(C)CC1C(=O)O. The molecule has 0 aromatic carbocycles. The van der Waals surface area contributed by atoms with E-state index in [1.165, 1.54) is 4.90 Å². The molecule has 2 unspecified atom stereocenters. The molecule has 18 heavy (non-hydrogen) atoms. The second-order valence-corrected chi connectivity index (χ2v) is 5.71. The summed E-state index contributed by atoms with van der Waals surface area (Å²) in [6.45, 7) is 6.20. The highest BCUT2D eigenvalue weighted by molar-refractivity contribution is 5.84. The number of carbonyl (C=O) groups is 2. The summed E-state index contributed by atoms with van der Waals surface area (Å²) in [5.74, 6) is -0.697. The van der Waals surface area contributed by atoms with Crippen LogP contribution in [0.3, 0.4) is 0 Å². The molecule has 1 rings (SSSR count). The lowest BCUT2D eigenvalue weighted by atomic mass is 9.91. The van der Waals surface area contributed by atoms with E-state index in [1.54, 1.807) is 7.11 Å². The van der Waals surface area contributed by atoms with Crippen molar-refractivity contribution in [3.8, 4) is 0 Å². The van der Waals surface area contributed by atoms with Gasteiger partial charge in [-0.2, -0.15) is 0 Å². The molecule has 0 aromatic rings. The van der Waals surface area contributed by atoms with Gasteiger partial charge in [0.05, 0.1) is 12.0 Å². The molecule has 104 valence electrons. The number of ether oxygens (including phenoxy) is 1. The van der Waals surface area contributed by atoms with Crippen molar-refractivity contribution in [2.45, 2.75) is 51.7 Å². The number of rotatable bonds is 4. The summed E-state index contributed by atoms with van der Waals surface area (Å²) >= 11 is 0. The van der Waals surface area contributed by atoms with Gasteiger partial charge in [0.2, 0.25) is 5.91 Å². The van der Waals surface area contributed by atoms with Crippen molar-refractivity contribution in [3.63, 3.8) is 0 Å². The maximum absolute atomic E-state index is 12.2. The monoisotopic (exact) mass is 257 g/mol. The van der Waals surface area contributed by atoms with E-state index in [2.05, 4.69) is 0 Å².